The summed E-state index contributed by atoms with van der Waals surface area (Å²) in [6, 6.07) is 6.70. The number of para-hydroxylation sites is 2. The monoisotopic (exact) mass is 503 g/mol. The van der Waals surface area contributed by atoms with Gasteiger partial charge in [0, 0.05) is 19.0 Å². The molecule has 2 aliphatic rings. The molecule has 1 amide bonds. The van der Waals surface area contributed by atoms with Crippen molar-refractivity contribution in [2.45, 2.75) is 82.7 Å². The number of amides is 1. The number of sulfone groups is 1. The summed E-state index contributed by atoms with van der Waals surface area (Å²) in [5.74, 6) is -0.0158. The molecule has 2 aromatic rings. The molecule has 2 fully saturated rings. The lowest BCUT2D eigenvalue weighted by atomic mass is 10.1. The summed E-state index contributed by atoms with van der Waals surface area (Å²) in [7, 11) is -3.30. The summed E-state index contributed by atoms with van der Waals surface area (Å²) in [5, 5.41) is 6.27. The van der Waals surface area contributed by atoms with Gasteiger partial charge in [0.05, 0.1) is 11.5 Å². The lowest BCUT2D eigenvalue weighted by Crippen LogP contribution is -2.52. The van der Waals surface area contributed by atoms with E-state index in [9.17, 15) is 18.0 Å². The van der Waals surface area contributed by atoms with Crippen LogP contribution in [0.4, 0.5) is 0 Å². The van der Waals surface area contributed by atoms with Gasteiger partial charge in [0.15, 0.2) is 15.4 Å². The zero-order chi connectivity index (χ0) is 24.7. The Kier molecular flexibility index (Phi) is 8.94. The minimum Gasteiger partial charge on any atom is -0.434 e. The van der Waals surface area contributed by atoms with Crippen molar-refractivity contribution in [1.82, 2.24) is 15.6 Å². The molecular formula is C26H37N3O5S. The lowest BCUT2D eigenvalue weighted by Gasteiger charge is -2.24. The van der Waals surface area contributed by atoms with Crippen LogP contribution in [0.1, 0.15) is 81.3 Å². The summed E-state index contributed by atoms with van der Waals surface area (Å²) in [5.41, 5.74) is 1.25. The Balaban J connectivity index is 1.24. The number of hydrogen-bond donors (Lipinski definition) is 2. The number of nitrogens with zero attached hydrogens (tertiary/aromatic N) is 1. The van der Waals surface area contributed by atoms with Gasteiger partial charge in [0.2, 0.25) is 11.7 Å². The average Bonchev–Trinajstić information content (AvgIpc) is 3.58. The van der Waals surface area contributed by atoms with Crippen LogP contribution < -0.4 is 10.6 Å². The molecule has 1 atom stereocenters. The number of oxazole rings is 1. The SMILES string of the molecule is O=C(CCCCNC(=O)[C@H](CS(=O)(=O)CC1CC1)NC1CCCCCC1)c1nc2ccccc2o1. The summed E-state index contributed by atoms with van der Waals surface area (Å²) >= 11 is 0. The third-order valence-corrected chi connectivity index (χ3v) is 8.70. The molecule has 9 heteroatoms. The molecule has 2 saturated carbocycles. The molecule has 0 unspecified atom stereocenters. The molecule has 4 rings (SSSR count). The van der Waals surface area contributed by atoms with Gasteiger partial charge in [-0.15, -0.1) is 0 Å². The molecule has 2 aliphatic carbocycles. The third kappa shape index (κ3) is 8.14. The fraction of sp³-hybridized carbons (Fsp3) is 0.654. The van der Waals surface area contributed by atoms with Crippen molar-refractivity contribution in [2.75, 3.05) is 18.1 Å². The molecule has 0 saturated heterocycles. The van der Waals surface area contributed by atoms with Gasteiger partial charge in [-0.2, -0.15) is 0 Å². The molecule has 1 heterocycles. The maximum absolute atomic E-state index is 13.0. The van der Waals surface area contributed by atoms with E-state index in [1.807, 2.05) is 12.1 Å². The molecule has 0 aliphatic heterocycles. The maximum Gasteiger partial charge on any atom is 0.264 e. The summed E-state index contributed by atoms with van der Waals surface area (Å²) in [6.45, 7) is 0.394. The number of ketones is 1. The minimum absolute atomic E-state index is 0.115. The molecule has 1 aromatic carbocycles. The van der Waals surface area contributed by atoms with Crippen LogP contribution in [0.3, 0.4) is 0 Å². The quantitative estimate of drug-likeness (QED) is 0.242. The molecule has 192 valence electrons. The number of unbranched alkanes of at least 4 members (excludes halogenated alkanes) is 1. The maximum atomic E-state index is 13.0. The molecular weight excluding hydrogens is 466 g/mol. The highest BCUT2D eigenvalue weighted by Crippen LogP contribution is 2.30. The Morgan fingerprint density at radius 2 is 1.77 bits per heavy atom. The highest BCUT2D eigenvalue weighted by atomic mass is 32.2. The van der Waals surface area contributed by atoms with Crippen LogP contribution in [-0.2, 0) is 14.6 Å². The van der Waals surface area contributed by atoms with Crippen LogP contribution in [0, 0.1) is 5.92 Å². The minimum atomic E-state index is -3.30. The van der Waals surface area contributed by atoms with Crippen LogP contribution in [0.2, 0.25) is 0 Å². The number of rotatable bonds is 13. The summed E-state index contributed by atoms with van der Waals surface area (Å²) < 4.78 is 30.9. The van der Waals surface area contributed by atoms with E-state index >= 15 is 0 Å². The average molecular weight is 504 g/mol. The fourth-order valence-corrected chi connectivity index (χ4v) is 6.68. The smallest absolute Gasteiger partial charge is 0.264 e. The van der Waals surface area contributed by atoms with Crippen LogP contribution in [-0.4, -0.2) is 55.2 Å². The van der Waals surface area contributed by atoms with Gasteiger partial charge in [-0.1, -0.05) is 37.8 Å². The van der Waals surface area contributed by atoms with Crippen LogP contribution in [0.5, 0.6) is 0 Å². The van der Waals surface area contributed by atoms with Crippen molar-refractivity contribution in [2.24, 2.45) is 5.92 Å². The van der Waals surface area contributed by atoms with E-state index in [4.69, 9.17) is 4.42 Å². The number of aromatic nitrogens is 1. The number of Topliss-reactive ketones (excluding diaryl/α,β-unsaturated/α-hetero) is 1. The highest BCUT2D eigenvalue weighted by Gasteiger charge is 2.33. The molecule has 0 spiro atoms. The van der Waals surface area contributed by atoms with Gasteiger partial charge in [-0.25, -0.2) is 13.4 Å². The molecule has 0 radical (unpaired) electrons. The van der Waals surface area contributed by atoms with Gasteiger partial charge in [-0.05, 0) is 56.6 Å². The van der Waals surface area contributed by atoms with Crippen molar-refractivity contribution in [3.8, 4) is 0 Å². The number of carbonyl (C=O) groups excluding carboxylic acids is 2. The second kappa shape index (κ2) is 12.1. The van der Waals surface area contributed by atoms with Crippen molar-refractivity contribution in [1.29, 1.82) is 0 Å². The number of carbonyl (C=O) groups is 2. The standard InChI is InChI=1S/C26H37N3O5S/c30-23(26-29-21-11-5-6-13-24(21)34-26)12-7-8-16-27-25(31)22(18-35(32,33)17-19-14-15-19)28-20-9-3-1-2-4-10-20/h5-6,11,13,19-20,22,28H,1-4,7-10,12,14-18H2,(H,27,31)/t22-/m0/s1. The predicted octanol–water partition coefficient (Wildman–Crippen LogP) is 3.80. The Hall–Kier alpha value is -2.26. The first kappa shape index (κ1) is 25.8. The zero-order valence-electron chi connectivity index (χ0n) is 20.3. The molecule has 0 bridgehead atoms. The zero-order valence-corrected chi connectivity index (χ0v) is 21.2. The fourth-order valence-electron chi connectivity index (χ4n) is 4.74. The molecule has 35 heavy (non-hydrogen) atoms. The topological polar surface area (TPSA) is 118 Å². The Bertz CT molecular complexity index is 1070. The van der Waals surface area contributed by atoms with Crippen molar-refractivity contribution >= 4 is 32.6 Å². The number of hydrogen-bond acceptors (Lipinski definition) is 7. The lowest BCUT2D eigenvalue weighted by molar-refractivity contribution is -0.122. The van der Waals surface area contributed by atoms with Gasteiger partial charge < -0.3 is 15.1 Å². The summed E-state index contributed by atoms with van der Waals surface area (Å²) in [6.07, 6.45) is 9.96. The van der Waals surface area contributed by atoms with Crippen molar-refractivity contribution in [3.63, 3.8) is 0 Å². The highest BCUT2D eigenvalue weighted by molar-refractivity contribution is 7.91. The first-order valence-corrected chi connectivity index (χ1v) is 14.8. The van der Waals surface area contributed by atoms with Gasteiger partial charge in [0.25, 0.3) is 5.89 Å². The van der Waals surface area contributed by atoms with E-state index in [2.05, 4.69) is 15.6 Å². The number of fused-ring (bicyclic) bond motifs is 1. The van der Waals surface area contributed by atoms with Gasteiger partial charge >= 0.3 is 0 Å². The molecule has 1 aromatic heterocycles. The Morgan fingerprint density at radius 3 is 2.49 bits per heavy atom. The van der Waals surface area contributed by atoms with Crippen LogP contribution in [0.15, 0.2) is 28.7 Å². The van der Waals surface area contributed by atoms with E-state index in [0.29, 0.717) is 30.5 Å². The third-order valence-electron chi connectivity index (χ3n) is 6.88. The van der Waals surface area contributed by atoms with Gasteiger partial charge in [0.1, 0.15) is 11.6 Å². The molecule has 2 N–H and O–H groups in total. The molecule has 8 nitrogen and oxygen atoms in total. The number of nitrogens with one attached hydrogen (secondary N) is 2. The first-order valence-electron chi connectivity index (χ1n) is 13.0. The van der Waals surface area contributed by atoms with E-state index in [1.54, 1.807) is 12.1 Å². The Labute approximate surface area is 207 Å². The van der Waals surface area contributed by atoms with E-state index in [1.165, 1.54) is 12.8 Å². The first-order chi connectivity index (χ1) is 16.9. The largest absolute Gasteiger partial charge is 0.434 e. The van der Waals surface area contributed by atoms with Crippen LogP contribution in [0.25, 0.3) is 11.1 Å². The van der Waals surface area contributed by atoms with Crippen LogP contribution >= 0.6 is 0 Å². The second-order valence-electron chi connectivity index (χ2n) is 10.1. The normalized spacial score (nSPS) is 18.3. The second-order valence-corrected chi connectivity index (χ2v) is 12.2. The van der Waals surface area contributed by atoms with Crippen molar-refractivity contribution < 1.29 is 22.4 Å². The van der Waals surface area contributed by atoms with E-state index < -0.39 is 15.9 Å². The summed E-state index contributed by atoms with van der Waals surface area (Å²) in [4.78, 5) is 29.6. The van der Waals surface area contributed by atoms with E-state index in [-0.39, 0.29) is 47.5 Å². The number of benzene rings is 1. The van der Waals surface area contributed by atoms with Crippen molar-refractivity contribution in [3.05, 3.63) is 30.2 Å². The predicted molar refractivity (Wildman–Crippen MR) is 135 cm³/mol. The van der Waals surface area contributed by atoms with E-state index in [0.717, 1.165) is 38.5 Å². The Morgan fingerprint density at radius 1 is 1.03 bits per heavy atom. The van der Waals surface area contributed by atoms with Gasteiger partial charge in [-0.3, -0.25) is 9.59 Å².